The van der Waals surface area contributed by atoms with Gasteiger partial charge in [-0.05, 0) is 30.7 Å². The lowest BCUT2D eigenvalue weighted by molar-refractivity contribution is -0.313. The predicted octanol–water partition coefficient (Wildman–Crippen LogP) is 0.676. The Morgan fingerprint density at radius 3 is 2.76 bits per heavy atom. The van der Waals surface area contributed by atoms with Gasteiger partial charge in [0.15, 0.2) is 0 Å². The highest BCUT2D eigenvalue weighted by atomic mass is 16.5. The van der Waals surface area contributed by atoms with Gasteiger partial charge in [-0.15, -0.1) is 6.58 Å². The topological polar surface area (TPSA) is 78.9 Å². The molecule has 4 rings (SSSR count). The number of hydrogen-bond acceptors (Lipinski definition) is 5. The van der Waals surface area contributed by atoms with Gasteiger partial charge in [-0.1, -0.05) is 18.2 Å². The summed E-state index contributed by atoms with van der Waals surface area (Å²) in [5.41, 5.74) is -0.264. The lowest BCUT2D eigenvalue weighted by Crippen LogP contribution is -2.46. The van der Waals surface area contributed by atoms with Crippen LogP contribution in [0.25, 0.3) is 0 Å². The molecule has 1 aromatic rings. The molecular weight excluding hydrogens is 322 g/mol. The third kappa shape index (κ3) is 2.00. The number of hydrogen-bond donors (Lipinski definition) is 0. The number of carboxylic acids is 1. The van der Waals surface area contributed by atoms with Crippen molar-refractivity contribution < 1.29 is 24.2 Å². The fourth-order valence-electron chi connectivity index (χ4n) is 4.42. The second kappa shape index (κ2) is 5.46. The van der Waals surface area contributed by atoms with Crippen LogP contribution >= 0.6 is 0 Å². The molecule has 1 amide bonds. The highest BCUT2D eigenvalue weighted by Gasteiger charge is 2.69. The minimum absolute atomic E-state index is 0.252. The van der Waals surface area contributed by atoms with Crippen LogP contribution < -0.4 is 14.7 Å². The Kier molecular flexibility index (Phi) is 3.47. The minimum atomic E-state index is -1.25. The molecule has 0 aliphatic carbocycles. The van der Waals surface area contributed by atoms with Crippen LogP contribution in [0, 0.1) is 11.8 Å². The van der Waals surface area contributed by atoms with Gasteiger partial charge < -0.3 is 24.3 Å². The third-order valence-electron chi connectivity index (χ3n) is 5.43. The summed E-state index contributed by atoms with van der Waals surface area (Å²) in [6.45, 7) is 3.79. The van der Waals surface area contributed by atoms with Crippen LogP contribution in [0.4, 0.5) is 5.69 Å². The monoisotopic (exact) mass is 340 g/mol. The molecule has 0 radical (unpaired) electrons. The molecule has 0 saturated carbocycles. The van der Waals surface area contributed by atoms with Gasteiger partial charge in [0, 0.05) is 17.6 Å². The number of rotatable bonds is 5. The molecule has 0 aromatic heterocycles. The fourth-order valence-corrected chi connectivity index (χ4v) is 4.42. The molecule has 1 spiro atoms. The first kappa shape index (κ1) is 15.9. The van der Waals surface area contributed by atoms with E-state index < -0.39 is 29.5 Å². The highest BCUT2D eigenvalue weighted by molar-refractivity contribution is 6.03. The second-order valence-corrected chi connectivity index (χ2v) is 6.56. The van der Waals surface area contributed by atoms with E-state index in [-0.39, 0.29) is 11.9 Å². The molecule has 0 unspecified atom stereocenters. The van der Waals surface area contributed by atoms with Gasteiger partial charge in [-0.3, -0.25) is 4.79 Å². The predicted molar refractivity (Wildman–Crippen MR) is 87.8 cm³/mol. The zero-order chi connectivity index (χ0) is 17.8. The van der Waals surface area contributed by atoms with E-state index in [1.807, 2.05) is 6.08 Å². The van der Waals surface area contributed by atoms with E-state index in [2.05, 4.69) is 6.58 Å². The highest BCUT2D eigenvalue weighted by Crippen LogP contribution is 2.56. The van der Waals surface area contributed by atoms with Crippen LogP contribution in [0.15, 0.2) is 49.1 Å². The van der Waals surface area contributed by atoms with E-state index in [0.717, 1.165) is 0 Å². The lowest BCUT2D eigenvalue weighted by Gasteiger charge is -2.32. The first-order valence-corrected chi connectivity index (χ1v) is 8.19. The summed E-state index contributed by atoms with van der Waals surface area (Å²) >= 11 is 0. The van der Waals surface area contributed by atoms with Gasteiger partial charge >= 0.3 is 0 Å². The molecule has 5 atom stereocenters. The molecule has 6 nitrogen and oxygen atoms in total. The zero-order valence-corrected chi connectivity index (χ0v) is 13.8. The first-order valence-electron chi connectivity index (χ1n) is 8.19. The molecule has 25 heavy (non-hydrogen) atoms. The van der Waals surface area contributed by atoms with E-state index in [0.29, 0.717) is 17.9 Å². The molecule has 0 N–H and O–H groups in total. The number of amides is 1. The van der Waals surface area contributed by atoms with Crippen molar-refractivity contribution in [3.8, 4) is 5.75 Å². The molecule has 3 aliphatic rings. The number of carbonyl (C=O) groups is 2. The maximum absolute atomic E-state index is 13.2. The van der Waals surface area contributed by atoms with Crippen LogP contribution in [-0.4, -0.2) is 36.7 Å². The number of nitrogens with zero attached hydrogens (tertiary/aromatic N) is 1. The van der Waals surface area contributed by atoms with E-state index in [1.165, 1.54) is 0 Å². The number of fused-ring (bicyclic) bond motifs is 1. The number of anilines is 1. The Hall–Kier alpha value is -2.60. The number of carbonyl (C=O) groups excluding carboxylic acids is 2. The first-order chi connectivity index (χ1) is 12.0. The molecule has 130 valence electrons. The van der Waals surface area contributed by atoms with Gasteiger partial charge in [-0.25, -0.2) is 0 Å². The average Bonchev–Trinajstić information content (AvgIpc) is 3.24. The Morgan fingerprint density at radius 1 is 1.44 bits per heavy atom. The van der Waals surface area contributed by atoms with Crippen molar-refractivity contribution in [2.45, 2.75) is 24.2 Å². The van der Waals surface area contributed by atoms with Crippen LogP contribution in [0.5, 0.6) is 5.75 Å². The Labute approximate surface area is 145 Å². The molecule has 3 heterocycles. The van der Waals surface area contributed by atoms with Crippen LogP contribution in [0.3, 0.4) is 0 Å². The molecule has 2 bridgehead atoms. The van der Waals surface area contributed by atoms with E-state index in [4.69, 9.17) is 9.47 Å². The second-order valence-electron chi connectivity index (χ2n) is 6.56. The smallest absolute Gasteiger partial charge is 0.234 e. The molecule has 2 fully saturated rings. The number of ether oxygens (including phenoxy) is 2. The SMILES string of the molecule is C=CC[C@@H]1N(c2ccc(OC)cc2)C(=O)[C@@H]2[C@@H](C(=O)[O-])[C@H]3C=C[C@]21O3. The van der Waals surface area contributed by atoms with Crippen molar-refractivity contribution in [1.82, 2.24) is 0 Å². The number of aliphatic carboxylic acids is 1. The minimum Gasteiger partial charge on any atom is -0.550 e. The summed E-state index contributed by atoms with van der Waals surface area (Å²) in [5, 5.41) is 11.6. The molecule has 3 aliphatic heterocycles. The normalized spacial score (nSPS) is 35.1. The number of carboxylic acid groups (broad SMARTS) is 1. The maximum Gasteiger partial charge on any atom is 0.234 e. The van der Waals surface area contributed by atoms with Crippen molar-refractivity contribution in [3.05, 3.63) is 49.1 Å². The van der Waals surface area contributed by atoms with Gasteiger partial charge in [0.2, 0.25) is 5.91 Å². The number of benzene rings is 1. The summed E-state index contributed by atoms with van der Waals surface area (Å²) < 4.78 is 11.2. The average molecular weight is 340 g/mol. The third-order valence-corrected chi connectivity index (χ3v) is 5.43. The standard InChI is InChI=1S/C19H19NO5/c1-3-4-14-19-10-9-13(25-19)15(18(22)23)16(19)17(21)20(14)11-5-7-12(24-2)8-6-11/h3,5-10,13-16H,1,4H2,2H3,(H,22,23)/p-1/t13-,14+,15+,16+,19-/m1/s1. The maximum atomic E-state index is 13.2. The van der Waals surface area contributed by atoms with Crippen molar-refractivity contribution in [2.75, 3.05) is 12.0 Å². The van der Waals surface area contributed by atoms with Gasteiger partial charge in [0.05, 0.1) is 25.2 Å². The number of methoxy groups -OCH3 is 1. The molecule has 6 heteroatoms. The van der Waals surface area contributed by atoms with Crippen molar-refractivity contribution in [2.24, 2.45) is 11.8 Å². The fraction of sp³-hybridized carbons (Fsp3) is 0.368. The van der Waals surface area contributed by atoms with E-state index >= 15 is 0 Å². The van der Waals surface area contributed by atoms with Crippen molar-refractivity contribution >= 4 is 17.6 Å². The summed E-state index contributed by atoms with van der Waals surface area (Å²) in [5.74, 6) is -2.56. The summed E-state index contributed by atoms with van der Waals surface area (Å²) in [7, 11) is 1.57. The molecule has 2 saturated heterocycles. The van der Waals surface area contributed by atoms with E-state index in [1.54, 1.807) is 48.4 Å². The Balaban J connectivity index is 1.80. The Morgan fingerprint density at radius 2 is 2.16 bits per heavy atom. The summed E-state index contributed by atoms with van der Waals surface area (Å²) in [4.78, 5) is 26.4. The summed E-state index contributed by atoms with van der Waals surface area (Å²) in [6, 6.07) is 6.76. The Bertz CT molecular complexity index is 771. The van der Waals surface area contributed by atoms with Crippen molar-refractivity contribution in [1.29, 1.82) is 0 Å². The molecular formula is C19H18NO5-. The van der Waals surface area contributed by atoms with Gasteiger partial charge in [0.25, 0.3) is 0 Å². The largest absolute Gasteiger partial charge is 0.550 e. The van der Waals surface area contributed by atoms with Crippen LogP contribution in [0.2, 0.25) is 0 Å². The van der Waals surface area contributed by atoms with Crippen molar-refractivity contribution in [3.63, 3.8) is 0 Å². The molecule has 1 aromatic carbocycles. The van der Waals surface area contributed by atoms with Gasteiger partial charge in [0.1, 0.15) is 11.4 Å². The quantitative estimate of drug-likeness (QED) is 0.737. The van der Waals surface area contributed by atoms with Crippen LogP contribution in [-0.2, 0) is 14.3 Å². The van der Waals surface area contributed by atoms with Crippen LogP contribution in [0.1, 0.15) is 6.42 Å². The summed E-state index contributed by atoms with van der Waals surface area (Å²) in [6.07, 6.45) is 5.19. The zero-order valence-electron chi connectivity index (χ0n) is 13.8. The van der Waals surface area contributed by atoms with Gasteiger partial charge in [-0.2, -0.15) is 0 Å². The van der Waals surface area contributed by atoms with E-state index in [9.17, 15) is 14.7 Å². The lowest BCUT2D eigenvalue weighted by atomic mass is 9.74.